The van der Waals surface area contributed by atoms with E-state index >= 15 is 0 Å². The zero-order valence-corrected chi connectivity index (χ0v) is 16.9. The zero-order chi connectivity index (χ0) is 20.0. The minimum atomic E-state index is -0.232. The molecule has 29 heavy (non-hydrogen) atoms. The number of allylic oxidation sites excluding steroid dienone is 2. The number of hydrogen-bond donors (Lipinski definition) is 0. The molecular weight excluding hydrogens is 403 g/mol. The van der Waals surface area contributed by atoms with Crippen molar-refractivity contribution in [2.24, 2.45) is 0 Å². The van der Waals surface area contributed by atoms with E-state index in [-0.39, 0.29) is 5.92 Å². The van der Waals surface area contributed by atoms with Crippen LogP contribution in [0.15, 0.2) is 78.1 Å². The van der Waals surface area contributed by atoms with Crippen molar-refractivity contribution >= 4 is 34.8 Å². The SMILES string of the molecule is N#CC1=C(n2cccc2)OC2=C(CCc3ccccc32)C1c1ccc(Cl)c(Cl)c1. The average Bonchev–Trinajstić information content (AvgIpc) is 3.29. The van der Waals surface area contributed by atoms with Crippen LogP contribution < -0.4 is 0 Å². The summed E-state index contributed by atoms with van der Waals surface area (Å²) in [7, 11) is 0. The Morgan fingerprint density at radius 1 is 0.966 bits per heavy atom. The number of ether oxygens (including phenoxy) is 1. The Hall–Kier alpha value is -2.93. The first-order valence-corrected chi connectivity index (χ1v) is 10.1. The van der Waals surface area contributed by atoms with E-state index in [2.05, 4.69) is 18.2 Å². The highest BCUT2D eigenvalue weighted by Crippen LogP contribution is 2.49. The van der Waals surface area contributed by atoms with Crippen molar-refractivity contribution in [3.8, 4) is 6.07 Å². The van der Waals surface area contributed by atoms with Gasteiger partial charge in [-0.1, -0.05) is 53.5 Å². The molecule has 0 N–H and O–H groups in total. The molecule has 0 bridgehead atoms. The van der Waals surface area contributed by atoms with Crippen LogP contribution in [0.25, 0.3) is 11.6 Å². The van der Waals surface area contributed by atoms with Gasteiger partial charge in [0.1, 0.15) is 17.4 Å². The molecule has 0 spiro atoms. The Labute approximate surface area is 179 Å². The van der Waals surface area contributed by atoms with Gasteiger partial charge in [0.15, 0.2) is 0 Å². The van der Waals surface area contributed by atoms with Gasteiger partial charge in [0.05, 0.1) is 10.0 Å². The molecule has 3 aromatic rings. The van der Waals surface area contributed by atoms with Crippen LogP contribution in [0.5, 0.6) is 0 Å². The maximum atomic E-state index is 10.1. The summed E-state index contributed by atoms with van der Waals surface area (Å²) in [4.78, 5) is 0. The normalized spacial score (nSPS) is 18.0. The first-order valence-electron chi connectivity index (χ1n) is 9.39. The lowest BCUT2D eigenvalue weighted by molar-refractivity contribution is 0.409. The lowest BCUT2D eigenvalue weighted by Crippen LogP contribution is -2.21. The fourth-order valence-corrected chi connectivity index (χ4v) is 4.50. The summed E-state index contributed by atoms with van der Waals surface area (Å²) in [5.74, 6) is 1.14. The quantitative estimate of drug-likeness (QED) is 0.466. The molecule has 3 nitrogen and oxygen atoms in total. The van der Waals surface area contributed by atoms with Gasteiger partial charge in [-0.25, -0.2) is 0 Å². The number of rotatable bonds is 2. The van der Waals surface area contributed by atoms with E-state index in [4.69, 9.17) is 27.9 Å². The largest absolute Gasteiger partial charge is 0.439 e. The van der Waals surface area contributed by atoms with Crippen LogP contribution >= 0.6 is 23.2 Å². The van der Waals surface area contributed by atoms with Crippen molar-refractivity contribution < 1.29 is 4.74 Å². The van der Waals surface area contributed by atoms with Crippen LogP contribution in [-0.2, 0) is 11.2 Å². The van der Waals surface area contributed by atoms with Gasteiger partial charge in [-0.15, -0.1) is 0 Å². The summed E-state index contributed by atoms with van der Waals surface area (Å²) in [6.45, 7) is 0. The summed E-state index contributed by atoms with van der Waals surface area (Å²) in [6.07, 6.45) is 5.51. The van der Waals surface area contributed by atoms with Crippen molar-refractivity contribution in [3.05, 3.63) is 105 Å². The minimum Gasteiger partial charge on any atom is -0.439 e. The average molecular weight is 419 g/mol. The van der Waals surface area contributed by atoms with Crippen LogP contribution in [0.3, 0.4) is 0 Å². The third-order valence-corrected chi connectivity index (χ3v) is 6.26. The van der Waals surface area contributed by atoms with Gasteiger partial charge in [-0.2, -0.15) is 5.26 Å². The second-order valence-electron chi connectivity index (χ2n) is 7.14. The van der Waals surface area contributed by atoms with E-state index in [9.17, 15) is 5.26 Å². The molecule has 142 valence electrons. The van der Waals surface area contributed by atoms with Gasteiger partial charge in [0.2, 0.25) is 5.88 Å². The summed E-state index contributed by atoms with van der Waals surface area (Å²) in [6, 6.07) is 20.1. The van der Waals surface area contributed by atoms with E-state index < -0.39 is 0 Å². The van der Waals surface area contributed by atoms with Crippen molar-refractivity contribution in [1.82, 2.24) is 4.57 Å². The smallest absolute Gasteiger partial charge is 0.218 e. The molecule has 0 amide bonds. The molecule has 1 aliphatic heterocycles. The van der Waals surface area contributed by atoms with Gasteiger partial charge in [-0.05, 0) is 53.8 Å². The van der Waals surface area contributed by atoms with Crippen LogP contribution in [-0.4, -0.2) is 4.57 Å². The Kier molecular flexibility index (Phi) is 4.47. The fourth-order valence-electron chi connectivity index (χ4n) is 4.19. The highest BCUT2D eigenvalue weighted by atomic mass is 35.5. The maximum absolute atomic E-state index is 10.1. The molecule has 2 aromatic carbocycles. The van der Waals surface area contributed by atoms with E-state index in [1.165, 1.54) is 5.56 Å². The van der Waals surface area contributed by atoms with Crippen molar-refractivity contribution in [2.45, 2.75) is 18.8 Å². The third kappa shape index (κ3) is 2.97. The number of aryl methyl sites for hydroxylation is 1. The number of nitriles is 1. The van der Waals surface area contributed by atoms with Crippen molar-refractivity contribution in [2.75, 3.05) is 0 Å². The van der Waals surface area contributed by atoms with Gasteiger partial charge in [0.25, 0.3) is 0 Å². The first-order chi connectivity index (χ1) is 14.2. The maximum Gasteiger partial charge on any atom is 0.218 e. The molecule has 1 aliphatic carbocycles. The Balaban J connectivity index is 1.77. The van der Waals surface area contributed by atoms with E-state index in [0.29, 0.717) is 21.5 Å². The lowest BCUT2D eigenvalue weighted by Gasteiger charge is -2.34. The molecule has 5 heteroatoms. The van der Waals surface area contributed by atoms with Gasteiger partial charge < -0.3 is 4.74 Å². The van der Waals surface area contributed by atoms with Gasteiger partial charge >= 0.3 is 0 Å². The first kappa shape index (κ1) is 18.1. The van der Waals surface area contributed by atoms with Crippen LogP contribution in [0.2, 0.25) is 10.0 Å². The summed E-state index contributed by atoms with van der Waals surface area (Å²) in [5.41, 5.74) is 4.95. The second-order valence-corrected chi connectivity index (χ2v) is 7.96. The molecule has 0 saturated heterocycles. The number of nitrogens with zero attached hydrogens (tertiary/aromatic N) is 2. The molecule has 2 heterocycles. The summed E-state index contributed by atoms with van der Waals surface area (Å²) < 4.78 is 8.26. The molecule has 0 fully saturated rings. The molecule has 1 unspecified atom stereocenters. The number of hydrogen-bond acceptors (Lipinski definition) is 2. The van der Waals surface area contributed by atoms with Gasteiger partial charge in [0, 0.05) is 23.9 Å². The van der Waals surface area contributed by atoms with Crippen LogP contribution in [0.1, 0.15) is 29.0 Å². The number of fused-ring (bicyclic) bond motifs is 2. The fraction of sp³-hybridized carbons (Fsp3) is 0.125. The number of benzene rings is 2. The minimum absolute atomic E-state index is 0.232. The van der Waals surface area contributed by atoms with Crippen LogP contribution in [0, 0.1) is 11.3 Å². The zero-order valence-electron chi connectivity index (χ0n) is 15.4. The van der Waals surface area contributed by atoms with E-state index in [0.717, 1.165) is 35.3 Å². The van der Waals surface area contributed by atoms with Gasteiger partial charge in [-0.3, -0.25) is 4.57 Å². The molecular formula is C24H16Cl2N2O. The molecule has 0 saturated carbocycles. The molecule has 2 aliphatic rings. The molecule has 1 atom stereocenters. The predicted molar refractivity (Wildman–Crippen MR) is 115 cm³/mol. The summed E-state index contributed by atoms with van der Waals surface area (Å²) >= 11 is 12.5. The van der Waals surface area contributed by atoms with Crippen molar-refractivity contribution in [1.29, 1.82) is 5.26 Å². The van der Waals surface area contributed by atoms with Crippen LogP contribution in [0.4, 0.5) is 0 Å². The number of aromatic nitrogens is 1. The Morgan fingerprint density at radius 3 is 2.52 bits per heavy atom. The van der Waals surface area contributed by atoms with E-state index in [1.54, 1.807) is 6.07 Å². The number of halogens is 2. The predicted octanol–water partition coefficient (Wildman–Crippen LogP) is 6.66. The highest BCUT2D eigenvalue weighted by molar-refractivity contribution is 6.42. The Bertz CT molecular complexity index is 1220. The standard InChI is InChI=1S/C24H16Cl2N2O/c25-20-10-8-16(13-21(20)26)22-18-9-7-15-5-1-2-6-17(15)23(18)29-24(19(22)14-27)28-11-3-4-12-28/h1-6,8,10-13,22H,7,9H2. The molecule has 0 radical (unpaired) electrons. The monoisotopic (exact) mass is 418 g/mol. The third-order valence-electron chi connectivity index (χ3n) is 5.52. The lowest BCUT2D eigenvalue weighted by atomic mass is 9.76. The molecule has 1 aromatic heterocycles. The topological polar surface area (TPSA) is 38.0 Å². The summed E-state index contributed by atoms with van der Waals surface area (Å²) in [5, 5.41) is 11.1. The van der Waals surface area contributed by atoms with E-state index in [1.807, 2.05) is 53.4 Å². The molecule has 5 rings (SSSR count). The Morgan fingerprint density at radius 2 is 1.76 bits per heavy atom. The highest BCUT2D eigenvalue weighted by Gasteiger charge is 2.37. The van der Waals surface area contributed by atoms with Crippen molar-refractivity contribution in [3.63, 3.8) is 0 Å². The second kappa shape index (κ2) is 7.15.